The number of thiophene rings is 1. The third kappa shape index (κ3) is 2.52. The molecule has 0 spiro atoms. The molecule has 1 N–H and O–H groups in total. The Morgan fingerprint density at radius 1 is 1.12 bits per heavy atom. The van der Waals surface area contributed by atoms with E-state index in [0.717, 1.165) is 17.1 Å². The lowest BCUT2D eigenvalue weighted by molar-refractivity contribution is 0.174. The molecule has 1 unspecified atom stereocenters. The van der Waals surface area contributed by atoms with Crippen molar-refractivity contribution in [3.05, 3.63) is 64.6 Å². The molecule has 0 saturated carbocycles. The van der Waals surface area contributed by atoms with Crippen molar-refractivity contribution < 1.29 is 14.3 Å². The fraction of sp³-hybridized carbons (Fsp3) is 0.211. The van der Waals surface area contributed by atoms with Crippen LogP contribution in [0.3, 0.4) is 0 Å². The zero-order valence-electron chi connectivity index (χ0n) is 13.9. The molecule has 6 nitrogen and oxygen atoms in total. The number of urea groups is 1. The molecule has 1 aromatic carbocycles. The predicted molar refractivity (Wildman–Crippen MR) is 98.9 cm³/mol. The number of fused-ring (bicyclic) bond motifs is 2. The minimum atomic E-state index is -0.116. The highest BCUT2D eigenvalue weighted by atomic mass is 32.1. The summed E-state index contributed by atoms with van der Waals surface area (Å²) >= 11 is 1.67. The number of anilines is 1. The van der Waals surface area contributed by atoms with E-state index in [0.29, 0.717) is 23.7 Å². The molecule has 0 fully saturated rings. The molecule has 4 heterocycles. The zero-order chi connectivity index (χ0) is 17.5. The Morgan fingerprint density at radius 2 is 2.04 bits per heavy atom. The summed E-state index contributed by atoms with van der Waals surface area (Å²) in [6, 6.07) is 13.5. The van der Waals surface area contributed by atoms with Gasteiger partial charge in [-0.25, -0.2) is 4.79 Å². The summed E-state index contributed by atoms with van der Waals surface area (Å²) in [6.45, 7) is 1.66. The van der Waals surface area contributed by atoms with Crippen LogP contribution in [0, 0.1) is 0 Å². The van der Waals surface area contributed by atoms with Crippen molar-refractivity contribution >= 4 is 23.1 Å². The Labute approximate surface area is 154 Å². The molecule has 0 saturated heterocycles. The molecule has 0 bridgehead atoms. The van der Waals surface area contributed by atoms with Crippen molar-refractivity contribution in [1.82, 2.24) is 9.47 Å². The van der Waals surface area contributed by atoms with E-state index in [1.54, 1.807) is 17.4 Å². The second kappa shape index (κ2) is 6.10. The molecular formula is C19H17N3O3S. The van der Waals surface area contributed by atoms with Crippen LogP contribution in [0.15, 0.2) is 54.0 Å². The van der Waals surface area contributed by atoms with Crippen LogP contribution < -0.4 is 14.8 Å². The van der Waals surface area contributed by atoms with Gasteiger partial charge < -0.3 is 24.3 Å². The number of amides is 2. The Kier molecular flexibility index (Phi) is 3.60. The number of carbonyl (C=O) groups excluding carboxylic acids is 1. The van der Waals surface area contributed by atoms with Gasteiger partial charge in [0, 0.05) is 41.6 Å². The van der Waals surface area contributed by atoms with E-state index < -0.39 is 0 Å². The highest BCUT2D eigenvalue weighted by Gasteiger charge is 2.33. The van der Waals surface area contributed by atoms with E-state index in [2.05, 4.69) is 28.2 Å². The van der Waals surface area contributed by atoms with Crippen molar-refractivity contribution in [2.75, 3.05) is 18.7 Å². The van der Waals surface area contributed by atoms with Crippen LogP contribution >= 0.6 is 11.3 Å². The summed E-state index contributed by atoms with van der Waals surface area (Å²) in [5.41, 5.74) is 1.84. The Balaban J connectivity index is 1.44. The van der Waals surface area contributed by atoms with E-state index in [1.807, 2.05) is 34.5 Å². The number of hydrogen-bond donors (Lipinski definition) is 1. The smallest absolute Gasteiger partial charge is 0.322 e. The Bertz CT molecular complexity index is 951. The van der Waals surface area contributed by atoms with Crippen molar-refractivity contribution in [3.63, 3.8) is 0 Å². The van der Waals surface area contributed by atoms with Gasteiger partial charge in [-0.05, 0) is 35.7 Å². The average molecular weight is 367 g/mol. The van der Waals surface area contributed by atoms with Gasteiger partial charge >= 0.3 is 6.03 Å². The fourth-order valence-corrected chi connectivity index (χ4v) is 4.37. The number of carbonyl (C=O) groups is 1. The van der Waals surface area contributed by atoms with Crippen LogP contribution in [-0.4, -0.2) is 28.8 Å². The molecule has 26 heavy (non-hydrogen) atoms. The Hall–Kier alpha value is -2.93. The molecule has 2 aliphatic heterocycles. The van der Waals surface area contributed by atoms with Gasteiger partial charge in [-0.3, -0.25) is 0 Å². The molecule has 1 atom stereocenters. The Morgan fingerprint density at radius 3 is 2.92 bits per heavy atom. The molecule has 0 aliphatic carbocycles. The minimum Gasteiger partial charge on any atom is -0.454 e. The lowest BCUT2D eigenvalue weighted by Crippen LogP contribution is -2.44. The highest BCUT2D eigenvalue weighted by Crippen LogP contribution is 2.37. The van der Waals surface area contributed by atoms with E-state index in [1.165, 1.54) is 0 Å². The predicted octanol–water partition coefficient (Wildman–Crippen LogP) is 3.92. The maximum atomic E-state index is 13.0. The second-order valence-corrected chi connectivity index (χ2v) is 7.22. The molecule has 132 valence electrons. The molecule has 2 aromatic heterocycles. The number of nitrogens with one attached hydrogen (secondary N) is 1. The first-order valence-corrected chi connectivity index (χ1v) is 9.33. The number of ether oxygens (including phenoxy) is 2. The van der Waals surface area contributed by atoms with Gasteiger partial charge in [0.2, 0.25) is 6.79 Å². The average Bonchev–Trinajstić information content (AvgIpc) is 3.40. The molecule has 5 rings (SSSR count). The molecule has 7 heteroatoms. The van der Waals surface area contributed by atoms with Gasteiger partial charge in [0.1, 0.15) is 6.04 Å². The van der Waals surface area contributed by atoms with Gasteiger partial charge in [0.25, 0.3) is 0 Å². The number of aromatic nitrogens is 1. The van der Waals surface area contributed by atoms with Crippen LogP contribution in [0.25, 0.3) is 0 Å². The second-order valence-electron chi connectivity index (χ2n) is 6.24. The van der Waals surface area contributed by atoms with Gasteiger partial charge in [-0.2, -0.15) is 0 Å². The number of hydrogen-bond acceptors (Lipinski definition) is 4. The van der Waals surface area contributed by atoms with Crippen LogP contribution in [-0.2, 0) is 6.54 Å². The first-order valence-electron chi connectivity index (χ1n) is 8.45. The lowest BCUT2D eigenvalue weighted by Gasteiger charge is -2.36. The van der Waals surface area contributed by atoms with E-state index >= 15 is 0 Å². The molecule has 2 aliphatic rings. The van der Waals surface area contributed by atoms with Gasteiger partial charge in [0.15, 0.2) is 11.5 Å². The molecular weight excluding hydrogens is 350 g/mol. The third-order valence-electron chi connectivity index (χ3n) is 4.74. The topological polar surface area (TPSA) is 55.7 Å². The highest BCUT2D eigenvalue weighted by molar-refractivity contribution is 7.10. The standard InChI is InChI=1S/C19H17N3O3S/c23-19(20-13-5-6-15-16(11-13)25-12-24-15)22-9-8-21-7-1-3-14(21)18(22)17-4-2-10-26-17/h1-7,10-11,18H,8-9,12H2,(H,20,23). The SMILES string of the molecule is O=C(Nc1ccc2c(c1)OCO2)N1CCn2cccc2C1c1cccs1. The quantitative estimate of drug-likeness (QED) is 0.747. The summed E-state index contributed by atoms with van der Waals surface area (Å²) in [5, 5.41) is 5.05. The lowest BCUT2D eigenvalue weighted by atomic mass is 10.1. The zero-order valence-corrected chi connectivity index (χ0v) is 14.7. The van der Waals surface area contributed by atoms with Gasteiger partial charge in [0.05, 0.1) is 0 Å². The van der Waals surface area contributed by atoms with Crippen LogP contribution in [0.2, 0.25) is 0 Å². The molecule has 2 amide bonds. The minimum absolute atomic E-state index is 0.0761. The van der Waals surface area contributed by atoms with E-state index in [4.69, 9.17) is 9.47 Å². The molecule has 3 aromatic rings. The summed E-state index contributed by atoms with van der Waals surface area (Å²) in [7, 11) is 0. The van der Waals surface area contributed by atoms with Crippen LogP contribution in [0.1, 0.15) is 16.6 Å². The first kappa shape index (κ1) is 15.3. The van der Waals surface area contributed by atoms with Crippen molar-refractivity contribution in [1.29, 1.82) is 0 Å². The van der Waals surface area contributed by atoms with Crippen LogP contribution in [0.4, 0.5) is 10.5 Å². The van der Waals surface area contributed by atoms with Crippen molar-refractivity contribution in [3.8, 4) is 11.5 Å². The fourth-order valence-electron chi connectivity index (χ4n) is 3.52. The third-order valence-corrected chi connectivity index (χ3v) is 5.66. The summed E-state index contributed by atoms with van der Waals surface area (Å²) in [6.07, 6.45) is 2.07. The summed E-state index contributed by atoms with van der Waals surface area (Å²) in [5.74, 6) is 1.36. The monoisotopic (exact) mass is 367 g/mol. The van der Waals surface area contributed by atoms with Gasteiger partial charge in [-0.1, -0.05) is 6.07 Å². The van der Waals surface area contributed by atoms with Gasteiger partial charge in [-0.15, -0.1) is 11.3 Å². The molecule has 0 radical (unpaired) electrons. The number of rotatable bonds is 2. The summed E-state index contributed by atoms with van der Waals surface area (Å²) < 4.78 is 12.9. The normalized spacial score (nSPS) is 17.8. The van der Waals surface area contributed by atoms with Crippen molar-refractivity contribution in [2.24, 2.45) is 0 Å². The van der Waals surface area contributed by atoms with E-state index in [9.17, 15) is 4.79 Å². The maximum Gasteiger partial charge on any atom is 0.322 e. The first-order chi connectivity index (χ1) is 12.8. The van der Waals surface area contributed by atoms with Crippen molar-refractivity contribution in [2.45, 2.75) is 12.6 Å². The number of nitrogens with zero attached hydrogens (tertiary/aromatic N) is 2. The summed E-state index contributed by atoms with van der Waals surface area (Å²) in [4.78, 5) is 16.1. The maximum absolute atomic E-state index is 13.0. The largest absolute Gasteiger partial charge is 0.454 e. The van der Waals surface area contributed by atoms with E-state index in [-0.39, 0.29) is 18.9 Å². The number of benzene rings is 1. The van der Waals surface area contributed by atoms with Crippen LogP contribution in [0.5, 0.6) is 11.5 Å².